The molecular formula is C26H22FIN2O3. The molecule has 0 aromatic heterocycles. The Morgan fingerprint density at radius 2 is 1.94 bits per heavy atom. The van der Waals surface area contributed by atoms with Crippen LogP contribution >= 0.6 is 22.6 Å². The second-order valence-corrected chi connectivity index (χ2v) is 8.34. The number of hydrogen-bond donors (Lipinski definition) is 1. The van der Waals surface area contributed by atoms with E-state index >= 15 is 0 Å². The van der Waals surface area contributed by atoms with E-state index in [-0.39, 0.29) is 18.0 Å². The fourth-order valence-corrected chi connectivity index (χ4v) is 3.87. The molecular weight excluding hydrogens is 534 g/mol. The van der Waals surface area contributed by atoms with Gasteiger partial charge in [0.15, 0.2) is 11.5 Å². The van der Waals surface area contributed by atoms with Gasteiger partial charge in [-0.25, -0.2) is 4.39 Å². The Kier molecular flexibility index (Phi) is 8.44. The van der Waals surface area contributed by atoms with E-state index in [1.807, 2.05) is 38.1 Å². The van der Waals surface area contributed by atoms with Crippen LogP contribution in [0.5, 0.6) is 11.5 Å². The molecule has 0 radical (unpaired) electrons. The van der Waals surface area contributed by atoms with Crippen LogP contribution in [0.1, 0.15) is 23.6 Å². The van der Waals surface area contributed by atoms with Crippen LogP contribution in [0, 0.1) is 27.6 Å². The van der Waals surface area contributed by atoms with Gasteiger partial charge in [-0.05, 0) is 95.6 Å². The summed E-state index contributed by atoms with van der Waals surface area (Å²) in [6, 6.07) is 19.0. The van der Waals surface area contributed by atoms with Crippen LogP contribution in [0.2, 0.25) is 0 Å². The van der Waals surface area contributed by atoms with Crippen molar-refractivity contribution in [3.8, 4) is 17.6 Å². The zero-order valence-corrected chi connectivity index (χ0v) is 20.4. The van der Waals surface area contributed by atoms with Gasteiger partial charge in [-0.2, -0.15) is 5.26 Å². The van der Waals surface area contributed by atoms with E-state index in [2.05, 4.69) is 27.9 Å². The van der Waals surface area contributed by atoms with Gasteiger partial charge in [0.25, 0.3) is 5.91 Å². The van der Waals surface area contributed by atoms with Crippen molar-refractivity contribution < 1.29 is 18.7 Å². The number of ether oxygens (including phenoxy) is 2. The number of hydrogen-bond acceptors (Lipinski definition) is 4. The van der Waals surface area contributed by atoms with Crippen molar-refractivity contribution in [3.63, 3.8) is 0 Å². The van der Waals surface area contributed by atoms with E-state index in [1.165, 1.54) is 18.2 Å². The first kappa shape index (κ1) is 24.3. The summed E-state index contributed by atoms with van der Waals surface area (Å²) in [6.45, 7) is 4.34. The highest BCUT2D eigenvalue weighted by Crippen LogP contribution is 2.35. The van der Waals surface area contributed by atoms with Gasteiger partial charge in [0, 0.05) is 5.69 Å². The quantitative estimate of drug-likeness (QED) is 0.202. The molecule has 3 aromatic carbocycles. The molecule has 3 aromatic rings. The lowest BCUT2D eigenvalue weighted by Gasteiger charge is -2.15. The van der Waals surface area contributed by atoms with Gasteiger partial charge >= 0.3 is 0 Å². The van der Waals surface area contributed by atoms with Gasteiger partial charge in [0.2, 0.25) is 0 Å². The largest absolute Gasteiger partial charge is 0.490 e. The van der Waals surface area contributed by atoms with E-state index in [9.17, 15) is 14.4 Å². The Morgan fingerprint density at radius 1 is 1.15 bits per heavy atom. The summed E-state index contributed by atoms with van der Waals surface area (Å²) < 4.78 is 25.8. The van der Waals surface area contributed by atoms with Crippen LogP contribution in [0.4, 0.5) is 10.1 Å². The number of anilines is 1. The number of carbonyl (C=O) groups is 1. The lowest BCUT2D eigenvalue weighted by atomic mass is 10.1. The maximum Gasteiger partial charge on any atom is 0.266 e. The highest BCUT2D eigenvalue weighted by molar-refractivity contribution is 14.1. The zero-order valence-electron chi connectivity index (χ0n) is 18.2. The lowest BCUT2D eigenvalue weighted by molar-refractivity contribution is -0.112. The second kappa shape index (κ2) is 11.5. The molecule has 33 heavy (non-hydrogen) atoms. The SMILES string of the molecule is CCOc1cc(/C=C(\C#N)C(=O)Nc2cccc(C)c2)cc(I)c1OCc1cccc(F)c1. The third kappa shape index (κ3) is 6.80. The van der Waals surface area contributed by atoms with E-state index in [1.54, 1.807) is 30.3 Å². The van der Waals surface area contributed by atoms with Gasteiger partial charge in [-0.1, -0.05) is 24.3 Å². The molecule has 0 aliphatic heterocycles. The minimum atomic E-state index is -0.498. The molecule has 0 aliphatic carbocycles. The number of aryl methyl sites for hydroxylation is 1. The van der Waals surface area contributed by atoms with E-state index in [0.29, 0.717) is 34.9 Å². The predicted molar refractivity (Wildman–Crippen MR) is 134 cm³/mol. The number of halogens is 2. The molecule has 1 N–H and O–H groups in total. The molecule has 168 valence electrons. The highest BCUT2D eigenvalue weighted by atomic mass is 127. The van der Waals surface area contributed by atoms with Crippen LogP contribution in [0.15, 0.2) is 66.2 Å². The van der Waals surface area contributed by atoms with Crippen LogP contribution in [-0.4, -0.2) is 12.5 Å². The van der Waals surface area contributed by atoms with Crippen LogP contribution in [0.3, 0.4) is 0 Å². The van der Waals surface area contributed by atoms with E-state index < -0.39 is 5.91 Å². The molecule has 0 aliphatic rings. The predicted octanol–water partition coefficient (Wildman–Crippen LogP) is 6.26. The maximum absolute atomic E-state index is 13.5. The maximum atomic E-state index is 13.5. The monoisotopic (exact) mass is 556 g/mol. The van der Waals surface area contributed by atoms with Crippen molar-refractivity contribution in [2.45, 2.75) is 20.5 Å². The Bertz CT molecular complexity index is 1230. The van der Waals surface area contributed by atoms with E-state index in [4.69, 9.17) is 9.47 Å². The van der Waals surface area contributed by atoms with Crippen molar-refractivity contribution >= 4 is 40.3 Å². The zero-order chi connectivity index (χ0) is 23.8. The summed E-state index contributed by atoms with van der Waals surface area (Å²) in [4.78, 5) is 12.6. The Hall–Kier alpha value is -3.38. The number of nitriles is 1. The lowest BCUT2D eigenvalue weighted by Crippen LogP contribution is -2.13. The molecule has 3 rings (SSSR count). The van der Waals surface area contributed by atoms with Crippen molar-refractivity contribution in [2.24, 2.45) is 0 Å². The summed E-state index contributed by atoms with van der Waals surface area (Å²) in [5, 5.41) is 12.3. The van der Waals surface area contributed by atoms with Gasteiger partial charge in [-0.3, -0.25) is 4.79 Å². The standard InChI is InChI=1S/C26H22FIN2O3/c1-3-32-24-14-19(11-20(15-29)26(31)30-22-9-4-6-17(2)10-22)13-23(28)25(24)33-16-18-7-5-8-21(27)12-18/h4-14H,3,16H2,1-2H3,(H,30,31)/b20-11+. The van der Waals surface area contributed by atoms with E-state index in [0.717, 1.165) is 9.13 Å². The molecule has 0 heterocycles. The fraction of sp³-hybridized carbons (Fsp3) is 0.154. The van der Waals surface area contributed by atoms with Crippen molar-refractivity contribution in [3.05, 3.63) is 92.3 Å². The molecule has 1 amide bonds. The molecule has 7 heteroatoms. The first-order valence-electron chi connectivity index (χ1n) is 10.2. The molecule has 0 saturated heterocycles. The van der Waals surface area contributed by atoms with Crippen LogP contribution < -0.4 is 14.8 Å². The average Bonchev–Trinajstić information content (AvgIpc) is 2.77. The Balaban J connectivity index is 1.85. The highest BCUT2D eigenvalue weighted by Gasteiger charge is 2.15. The second-order valence-electron chi connectivity index (χ2n) is 7.18. The topological polar surface area (TPSA) is 71.3 Å². The van der Waals surface area contributed by atoms with Crippen molar-refractivity contribution in [1.29, 1.82) is 5.26 Å². The summed E-state index contributed by atoms with van der Waals surface area (Å²) in [5.41, 5.74) is 2.89. The minimum absolute atomic E-state index is 0.0387. The first-order valence-corrected chi connectivity index (χ1v) is 11.3. The number of nitrogens with zero attached hydrogens (tertiary/aromatic N) is 1. The molecule has 0 bridgehead atoms. The average molecular weight is 556 g/mol. The summed E-state index contributed by atoms with van der Waals surface area (Å²) in [6.07, 6.45) is 1.51. The number of rotatable bonds is 8. The molecule has 5 nitrogen and oxygen atoms in total. The normalized spacial score (nSPS) is 10.9. The summed E-state index contributed by atoms with van der Waals surface area (Å²) >= 11 is 2.11. The van der Waals surface area contributed by atoms with Gasteiger partial charge in [0.05, 0.1) is 10.2 Å². The summed E-state index contributed by atoms with van der Waals surface area (Å²) in [5.74, 6) is 0.164. The minimum Gasteiger partial charge on any atom is -0.490 e. The van der Waals surface area contributed by atoms with Gasteiger partial charge in [0.1, 0.15) is 24.1 Å². The summed E-state index contributed by atoms with van der Waals surface area (Å²) in [7, 11) is 0. The number of amides is 1. The van der Waals surface area contributed by atoms with Gasteiger partial charge < -0.3 is 14.8 Å². The molecule has 0 atom stereocenters. The molecule has 0 unspecified atom stereocenters. The van der Waals surface area contributed by atoms with Crippen molar-refractivity contribution in [1.82, 2.24) is 0 Å². The molecule has 0 saturated carbocycles. The Morgan fingerprint density at radius 3 is 2.64 bits per heavy atom. The molecule has 0 fully saturated rings. The molecule has 0 spiro atoms. The number of nitrogens with one attached hydrogen (secondary N) is 1. The number of benzene rings is 3. The van der Waals surface area contributed by atoms with Gasteiger partial charge in [-0.15, -0.1) is 0 Å². The third-order valence-electron chi connectivity index (χ3n) is 4.56. The number of carbonyl (C=O) groups excluding carboxylic acids is 1. The smallest absolute Gasteiger partial charge is 0.266 e. The van der Waals surface area contributed by atoms with Crippen molar-refractivity contribution in [2.75, 3.05) is 11.9 Å². The first-order chi connectivity index (χ1) is 15.9. The fourth-order valence-electron chi connectivity index (χ4n) is 3.09. The Labute approximate surface area is 206 Å². The third-order valence-corrected chi connectivity index (χ3v) is 5.36. The van der Waals surface area contributed by atoms with Crippen LogP contribution in [0.25, 0.3) is 6.08 Å². The van der Waals surface area contributed by atoms with Crippen LogP contribution in [-0.2, 0) is 11.4 Å².